The minimum Gasteiger partial charge on any atom is -0.342 e. The topological polar surface area (TPSA) is 49.0 Å². The molecular weight excluding hydrogens is 262 g/mol. The maximum absolute atomic E-state index is 12.3. The molecular formula is C17H29N3O. The Morgan fingerprint density at radius 2 is 1.90 bits per heavy atom. The molecule has 1 aliphatic heterocycles. The number of piperidine rings is 1. The van der Waals surface area contributed by atoms with Crippen molar-refractivity contribution in [1.82, 2.24) is 9.97 Å². The monoisotopic (exact) mass is 291 g/mol. The van der Waals surface area contributed by atoms with E-state index in [0.717, 1.165) is 43.1 Å². The third-order valence-corrected chi connectivity index (χ3v) is 4.41. The van der Waals surface area contributed by atoms with Crippen molar-refractivity contribution in [3.8, 4) is 0 Å². The Hall–Kier alpha value is -1.32. The van der Waals surface area contributed by atoms with E-state index in [1.807, 2.05) is 6.92 Å². The van der Waals surface area contributed by atoms with Gasteiger partial charge in [0, 0.05) is 24.3 Å². The molecule has 4 nitrogen and oxygen atoms in total. The molecule has 0 bridgehead atoms. The molecule has 1 fully saturated rings. The van der Waals surface area contributed by atoms with Gasteiger partial charge in [-0.15, -0.1) is 0 Å². The Kier molecular flexibility index (Phi) is 5.43. The molecule has 1 N–H and O–H groups in total. The lowest BCUT2D eigenvalue weighted by Crippen LogP contribution is -2.40. The van der Waals surface area contributed by atoms with Crippen molar-refractivity contribution in [3.05, 3.63) is 21.6 Å². The third kappa shape index (κ3) is 4.08. The summed E-state index contributed by atoms with van der Waals surface area (Å²) in [6.45, 7) is 10.7. The quantitative estimate of drug-likeness (QED) is 0.847. The van der Waals surface area contributed by atoms with Crippen LogP contribution in [0.15, 0.2) is 4.79 Å². The van der Waals surface area contributed by atoms with Crippen LogP contribution in [0.25, 0.3) is 0 Å². The number of anilines is 1. The molecule has 2 heterocycles. The zero-order valence-electron chi connectivity index (χ0n) is 13.9. The molecule has 0 spiro atoms. The second kappa shape index (κ2) is 7.10. The van der Waals surface area contributed by atoms with Crippen molar-refractivity contribution in [2.75, 3.05) is 18.0 Å². The SMILES string of the molecule is CCCCCc1c(C)nc(N2C[C@@H](C)C[C@H](C)C2)[nH]c1=O. The van der Waals surface area contributed by atoms with Gasteiger partial charge in [-0.3, -0.25) is 9.78 Å². The molecule has 2 rings (SSSR count). The van der Waals surface area contributed by atoms with E-state index in [-0.39, 0.29) is 5.56 Å². The molecule has 1 saturated heterocycles. The van der Waals surface area contributed by atoms with E-state index >= 15 is 0 Å². The van der Waals surface area contributed by atoms with Gasteiger partial charge in [-0.25, -0.2) is 4.98 Å². The van der Waals surface area contributed by atoms with Crippen molar-refractivity contribution in [3.63, 3.8) is 0 Å². The normalized spacial score (nSPS) is 22.6. The van der Waals surface area contributed by atoms with Crippen LogP contribution in [-0.4, -0.2) is 23.1 Å². The van der Waals surface area contributed by atoms with E-state index in [0.29, 0.717) is 11.8 Å². The van der Waals surface area contributed by atoms with Crippen molar-refractivity contribution in [2.45, 2.75) is 59.8 Å². The zero-order valence-corrected chi connectivity index (χ0v) is 13.9. The third-order valence-electron chi connectivity index (χ3n) is 4.41. The molecule has 4 heteroatoms. The smallest absolute Gasteiger partial charge is 0.255 e. The molecule has 0 radical (unpaired) electrons. The van der Waals surface area contributed by atoms with Gasteiger partial charge in [0.15, 0.2) is 0 Å². The van der Waals surface area contributed by atoms with Gasteiger partial charge in [-0.1, -0.05) is 33.6 Å². The van der Waals surface area contributed by atoms with E-state index in [2.05, 4.69) is 35.6 Å². The van der Waals surface area contributed by atoms with Crippen molar-refractivity contribution >= 4 is 5.95 Å². The number of aromatic amines is 1. The predicted molar refractivity (Wildman–Crippen MR) is 88.0 cm³/mol. The van der Waals surface area contributed by atoms with E-state index in [9.17, 15) is 4.79 Å². The van der Waals surface area contributed by atoms with Crippen LogP contribution in [0, 0.1) is 18.8 Å². The minimum absolute atomic E-state index is 0.0551. The van der Waals surface area contributed by atoms with Crippen molar-refractivity contribution < 1.29 is 0 Å². The molecule has 2 atom stereocenters. The Morgan fingerprint density at radius 1 is 1.24 bits per heavy atom. The number of unbranched alkanes of at least 4 members (excludes halogenated alkanes) is 2. The van der Waals surface area contributed by atoms with Gasteiger partial charge in [0.05, 0.1) is 0 Å². The number of hydrogen-bond donors (Lipinski definition) is 1. The highest BCUT2D eigenvalue weighted by Gasteiger charge is 2.24. The first kappa shape index (κ1) is 16.1. The molecule has 118 valence electrons. The average Bonchev–Trinajstić information content (AvgIpc) is 2.40. The summed E-state index contributed by atoms with van der Waals surface area (Å²) >= 11 is 0. The van der Waals surface area contributed by atoms with Gasteiger partial charge in [-0.2, -0.15) is 0 Å². The van der Waals surface area contributed by atoms with Gasteiger partial charge in [0.1, 0.15) is 0 Å². The fourth-order valence-corrected chi connectivity index (χ4v) is 3.43. The maximum Gasteiger partial charge on any atom is 0.255 e. The Labute approximate surface area is 128 Å². The summed E-state index contributed by atoms with van der Waals surface area (Å²) in [6, 6.07) is 0. The van der Waals surface area contributed by atoms with Crippen LogP contribution in [0.3, 0.4) is 0 Å². The lowest BCUT2D eigenvalue weighted by Gasteiger charge is -2.35. The molecule has 0 aromatic carbocycles. The molecule has 0 amide bonds. The van der Waals surface area contributed by atoms with E-state index in [1.54, 1.807) is 0 Å². The standard InChI is InChI=1S/C17H29N3O/c1-5-6-7-8-15-14(4)18-17(19-16(15)21)20-10-12(2)9-13(3)11-20/h12-13H,5-11H2,1-4H3,(H,18,19,21)/t12-,13-/m0/s1. The van der Waals surface area contributed by atoms with Gasteiger partial charge in [0.2, 0.25) is 5.95 Å². The molecule has 0 aliphatic carbocycles. The predicted octanol–water partition coefficient (Wildman–Crippen LogP) is 3.29. The number of nitrogens with one attached hydrogen (secondary N) is 1. The highest BCUT2D eigenvalue weighted by Crippen LogP contribution is 2.23. The first-order valence-electron chi connectivity index (χ1n) is 8.36. The minimum atomic E-state index is 0.0551. The lowest BCUT2D eigenvalue weighted by molar-refractivity contribution is 0.353. The highest BCUT2D eigenvalue weighted by atomic mass is 16.1. The van der Waals surface area contributed by atoms with Crippen LogP contribution >= 0.6 is 0 Å². The number of rotatable bonds is 5. The van der Waals surface area contributed by atoms with Gasteiger partial charge < -0.3 is 4.90 Å². The molecule has 0 saturated carbocycles. The van der Waals surface area contributed by atoms with Crippen LogP contribution in [0.1, 0.15) is 57.7 Å². The number of aromatic nitrogens is 2. The van der Waals surface area contributed by atoms with Crippen LogP contribution in [0.5, 0.6) is 0 Å². The summed E-state index contributed by atoms with van der Waals surface area (Å²) in [7, 11) is 0. The van der Waals surface area contributed by atoms with Crippen molar-refractivity contribution in [1.29, 1.82) is 0 Å². The van der Waals surface area contributed by atoms with Crippen LogP contribution in [0.4, 0.5) is 5.95 Å². The number of aryl methyl sites for hydroxylation is 1. The van der Waals surface area contributed by atoms with Crippen LogP contribution in [-0.2, 0) is 6.42 Å². The molecule has 21 heavy (non-hydrogen) atoms. The number of H-pyrrole nitrogens is 1. The van der Waals surface area contributed by atoms with E-state index < -0.39 is 0 Å². The summed E-state index contributed by atoms with van der Waals surface area (Å²) in [4.78, 5) is 22.3. The zero-order chi connectivity index (χ0) is 15.4. The number of nitrogens with zero attached hydrogens (tertiary/aromatic N) is 2. The van der Waals surface area contributed by atoms with Crippen LogP contribution < -0.4 is 10.5 Å². The van der Waals surface area contributed by atoms with E-state index in [1.165, 1.54) is 19.3 Å². The Morgan fingerprint density at radius 3 is 2.48 bits per heavy atom. The summed E-state index contributed by atoms with van der Waals surface area (Å²) in [5.41, 5.74) is 1.82. The van der Waals surface area contributed by atoms with Gasteiger partial charge >= 0.3 is 0 Å². The summed E-state index contributed by atoms with van der Waals surface area (Å²) < 4.78 is 0. The maximum atomic E-state index is 12.3. The molecule has 0 unspecified atom stereocenters. The fourth-order valence-electron chi connectivity index (χ4n) is 3.43. The Bertz CT molecular complexity index is 513. The van der Waals surface area contributed by atoms with Gasteiger partial charge in [-0.05, 0) is 38.0 Å². The summed E-state index contributed by atoms with van der Waals surface area (Å²) in [5, 5.41) is 0. The average molecular weight is 291 g/mol. The Balaban J connectivity index is 2.17. The van der Waals surface area contributed by atoms with Crippen LogP contribution in [0.2, 0.25) is 0 Å². The largest absolute Gasteiger partial charge is 0.342 e. The first-order valence-corrected chi connectivity index (χ1v) is 8.36. The second-order valence-electron chi connectivity index (χ2n) is 6.76. The lowest BCUT2D eigenvalue weighted by atomic mass is 9.92. The summed E-state index contributed by atoms with van der Waals surface area (Å²) in [5.74, 6) is 2.07. The van der Waals surface area contributed by atoms with E-state index in [4.69, 9.17) is 0 Å². The first-order chi connectivity index (χ1) is 10.0. The van der Waals surface area contributed by atoms with Gasteiger partial charge in [0.25, 0.3) is 5.56 Å². The highest BCUT2D eigenvalue weighted by molar-refractivity contribution is 5.34. The molecule has 1 aromatic rings. The molecule has 1 aliphatic rings. The fraction of sp³-hybridized carbons (Fsp3) is 0.765. The molecule has 1 aromatic heterocycles. The number of hydrogen-bond acceptors (Lipinski definition) is 3. The van der Waals surface area contributed by atoms with Crippen molar-refractivity contribution in [2.24, 2.45) is 11.8 Å². The summed E-state index contributed by atoms with van der Waals surface area (Å²) in [6.07, 6.45) is 5.51. The second-order valence-corrected chi connectivity index (χ2v) is 6.76.